The molecule has 1 unspecified atom stereocenters. The summed E-state index contributed by atoms with van der Waals surface area (Å²) in [6.07, 6.45) is 7.58. The van der Waals surface area contributed by atoms with Crippen molar-refractivity contribution in [3.8, 4) is 0 Å². The molecule has 2 amide bonds. The Labute approximate surface area is 85.6 Å². The maximum Gasteiger partial charge on any atom is 0.315 e. The number of urea groups is 1. The summed E-state index contributed by atoms with van der Waals surface area (Å²) in [6, 6.07) is 0.502. The number of carbonyl (C=O) groups excluding carboxylic acids is 1. The number of nitrogens with one attached hydrogen (secondary N) is 2. The monoisotopic (exact) mass is 196 g/mol. The molecule has 3 heteroatoms. The Morgan fingerprint density at radius 3 is 2.79 bits per heavy atom. The molecule has 0 aromatic rings. The highest BCUT2D eigenvalue weighted by Crippen LogP contribution is 2.57. The molecule has 0 aromatic heterocycles. The molecule has 0 radical (unpaired) electrons. The minimum Gasteiger partial charge on any atom is -0.338 e. The Bertz CT molecular complexity index is 221. The lowest BCUT2D eigenvalue weighted by atomic mass is 10.1. The molecule has 0 aliphatic heterocycles. The lowest BCUT2D eigenvalue weighted by Crippen LogP contribution is -2.38. The number of hydrogen-bond donors (Lipinski definition) is 2. The summed E-state index contributed by atoms with van der Waals surface area (Å²) in [4.78, 5) is 11.4. The molecule has 0 bridgehead atoms. The second-order valence-corrected chi connectivity index (χ2v) is 4.73. The summed E-state index contributed by atoms with van der Waals surface area (Å²) < 4.78 is 0. The highest BCUT2D eigenvalue weighted by atomic mass is 16.2. The van der Waals surface area contributed by atoms with Crippen molar-refractivity contribution in [2.75, 3.05) is 6.54 Å². The van der Waals surface area contributed by atoms with Gasteiger partial charge < -0.3 is 10.6 Å². The van der Waals surface area contributed by atoms with E-state index in [9.17, 15) is 4.79 Å². The second-order valence-electron chi connectivity index (χ2n) is 4.73. The van der Waals surface area contributed by atoms with Crippen molar-refractivity contribution in [3.05, 3.63) is 0 Å². The molecule has 2 aliphatic rings. The van der Waals surface area contributed by atoms with Crippen molar-refractivity contribution in [2.24, 2.45) is 5.41 Å². The van der Waals surface area contributed by atoms with Gasteiger partial charge in [0.15, 0.2) is 0 Å². The van der Waals surface area contributed by atoms with Crippen LogP contribution in [0.3, 0.4) is 0 Å². The first kappa shape index (κ1) is 9.81. The van der Waals surface area contributed by atoms with Crippen molar-refractivity contribution < 1.29 is 4.79 Å². The average molecular weight is 196 g/mol. The van der Waals surface area contributed by atoms with Crippen LogP contribution in [0.15, 0.2) is 0 Å². The van der Waals surface area contributed by atoms with Gasteiger partial charge in [-0.3, -0.25) is 0 Å². The van der Waals surface area contributed by atoms with Crippen LogP contribution in [0.25, 0.3) is 0 Å². The predicted molar refractivity (Wildman–Crippen MR) is 56.1 cm³/mol. The summed E-state index contributed by atoms with van der Waals surface area (Å²) in [5, 5.41) is 5.93. The maximum atomic E-state index is 11.4. The zero-order valence-electron chi connectivity index (χ0n) is 8.94. The normalized spacial score (nSPS) is 27.6. The third kappa shape index (κ3) is 1.86. The maximum absolute atomic E-state index is 11.4. The Balaban J connectivity index is 1.70. The van der Waals surface area contributed by atoms with E-state index in [1.54, 1.807) is 0 Å². The second kappa shape index (κ2) is 3.79. The van der Waals surface area contributed by atoms with Gasteiger partial charge in [-0.25, -0.2) is 4.79 Å². The molecular formula is C11H20N2O. The van der Waals surface area contributed by atoms with Crippen molar-refractivity contribution in [1.82, 2.24) is 10.6 Å². The molecule has 14 heavy (non-hydrogen) atoms. The summed E-state index contributed by atoms with van der Waals surface area (Å²) >= 11 is 0. The predicted octanol–water partition coefficient (Wildman–Crippen LogP) is 2.03. The first-order valence-corrected chi connectivity index (χ1v) is 5.81. The molecule has 2 aliphatic carbocycles. The van der Waals surface area contributed by atoms with E-state index in [4.69, 9.17) is 0 Å². The van der Waals surface area contributed by atoms with Gasteiger partial charge in [0.05, 0.1) is 0 Å². The smallest absolute Gasteiger partial charge is 0.315 e. The number of rotatable bonds is 3. The summed E-state index contributed by atoms with van der Waals surface area (Å²) in [7, 11) is 0. The standard InChI is InChI=1S/C11H20N2O/c1-2-7-12-10(14)13-9-8-11(9)5-3-4-6-11/h9H,2-8H2,1H3,(H2,12,13,14). The highest BCUT2D eigenvalue weighted by molar-refractivity contribution is 5.74. The van der Waals surface area contributed by atoms with Crippen LogP contribution in [-0.4, -0.2) is 18.6 Å². The molecule has 2 fully saturated rings. The third-order valence-electron chi connectivity index (χ3n) is 3.63. The van der Waals surface area contributed by atoms with E-state index in [0.29, 0.717) is 11.5 Å². The molecule has 0 heterocycles. The van der Waals surface area contributed by atoms with Gasteiger partial charge in [0.1, 0.15) is 0 Å². The first-order chi connectivity index (χ1) is 6.77. The fraction of sp³-hybridized carbons (Fsp3) is 0.909. The summed E-state index contributed by atoms with van der Waals surface area (Å²) in [5.74, 6) is 0. The fourth-order valence-corrected chi connectivity index (χ4v) is 2.63. The summed E-state index contributed by atoms with van der Waals surface area (Å²) in [6.45, 7) is 2.85. The van der Waals surface area contributed by atoms with Crippen LogP contribution in [0, 0.1) is 5.41 Å². The lowest BCUT2D eigenvalue weighted by molar-refractivity contribution is 0.238. The Hall–Kier alpha value is -0.730. The van der Waals surface area contributed by atoms with Crippen LogP contribution in [-0.2, 0) is 0 Å². The van der Waals surface area contributed by atoms with Gasteiger partial charge in [0.2, 0.25) is 0 Å². The van der Waals surface area contributed by atoms with Crippen LogP contribution in [0.5, 0.6) is 0 Å². The van der Waals surface area contributed by atoms with E-state index in [2.05, 4.69) is 17.6 Å². The highest BCUT2D eigenvalue weighted by Gasteiger charge is 2.55. The van der Waals surface area contributed by atoms with Crippen molar-refractivity contribution >= 4 is 6.03 Å². The van der Waals surface area contributed by atoms with Crippen LogP contribution in [0.2, 0.25) is 0 Å². The third-order valence-corrected chi connectivity index (χ3v) is 3.63. The lowest BCUT2D eigenvalue weighted by Gasteiger charge is -2.10. The van der Waals surface area contributed by atoms with E-state index >= 15 is 0 Å². The van der Waals surface area contributed by atoms with Gasteiger partial charge in [-0.05, 0) is 31.1 Å². The van der Waals surface area contributed by atoms with Crippen LogP contribution < -0.4 is 10.6 Å². The Kier molecular flexibility index (Phi) is 2.66. The molecular weight excluding hydrogens is 176 g/mol. The van der Waals surface area contributed by atoms with Gasteiger partial charge in [-0.1, -0.05) is 19.8 Å². The fourth-order valence-electron chi connectivity index (χ4n) is 2.63. The molecule has 80 valence electrons. The SMILES string of the molecule is CCCNC(=O)NC1CC12CCCC2. The average Bonchev–Trinajstić information content (AvgIpc) is 2.62. The van der Waals surface area contributed by atoms with Crippen molar-refractivity contribution in [1.29, 1.82) is 0 Å². The van der Waals surface area contributed by atoms with Gasteiger partial charge in [-0.15, -0.1) is 0 Å². The zero-order valence-corrected chi connectivity index (χ0v) is 8.94. The Morgan fingerprint density at radius 1 is 1.43 bits per heavy atom. The molecule has 1 atom stereocenters. The number of carbonyl (C=O) groups is 1. The molecule has 3 nitrogen and oxygen atoms in total. The van der Waals surface area contributed by atoms with Crippen molar-refractivity contribution in [2.45, 2.75) is 51.5 Å². The van der Waals surface area contributed by atoms with Gasteiger partial charge in [0.25, 0.3) is 0 Å². The van der Waals surface area contributed by atoms with Gasteiger partial charge >= 0.3 is 6.03 Å². The van der Waals surface area contributed by atoms with Crippen LogP contribution >= 0.6 is 0 Å². The number of amides is 2. The molecule has 2 saturated carbocycles. The van der Waals surface area contributed by atoms with E-state index < -0.39 is 0 Å². The molecule has 2 N–H and O–H groups in total. The molecule has 0 saturated heterocycles. The zero-order chi connectivity index (χ0) is 10.0. The van der Waals surface area contributed by atoms with E-state index in [-0.39, 0.29) is 6.03 Å². The quantitative estimate of drug-likeness (QED) is 0.712. The Morgan fingerprint density at radius 2 is 2.14 bits per heavy atom. The molecule has 1 spiro atoms. The summed E-state index contributed by atoms with van der Waals surface area (Å²) in [5.41, 5.74) is 0.517. The largest absolute Gasteiger partial charge is 0.338 e. The molecule has 2 rings (SSSR count). The van der Waals surface area contributed by atoms with E-state index in [1.807, 2.05) is 0 Å². The van der Waals surface area contributed by atoms with Gasteiger partial charge in [0, 0.05) is 12.6 Å². The van der Waals surface area contributed by atoms with Crippen LogP contribution in [0.1, 0.15) is 45.4 Å². The number of hydrogen-bond acceptors (Lipinski definition) is 1. The topological polar surface area (TPSA) is 41.1 Å². The minimum absolute atomic E-state index is 0.0284. The van der Waals surface area contributed by atoms with Crippen molar-refractivity contribution in [3.63, 3.8) is 0 Å². The van der Waals surface area contributed by atoms with E-state index in [0.717, 1.165) is 13.0 Å². The first-order valence-electron chi connectivity index (χ1n) is 5.81. The van der Waals surface area contributed by atoms with E-state index in [1.165, 1.54) is 32.1 Å². The molecule has 0 aromatic carbocycles. The van der Waals surface area contributed by atoms with Gasteiger partial charge in [-0.2, -0.15) is 0 Å². The van der Waals surface area contributed by atoms with Crippen LogP contribution in [0.4, 0.5) is 4.79 Å². The minimum atomic E-state index is 0.0284.